The lowest BCUT2D eigenvalue weighted by Crippen LogP contribution is -2.46. The van der Waals surface area contributed by atoms with E-state index in [1.54, 1.807) is 24.4 Å². The molecule has 1 fully saturated rings. The van der Waals surface area contributed by atoms with Crippen molar-refractivity contribution in [2.75, 3.05) is 32.1 Å². The first-order chi connectivity index (χ1) is 19.0. The zero-order chi connectivity index (χ0) is 26.8. The number of halogens is 1. The number of nitrogens with one attached hydrogen (secondary N) is 3. The minimum absolute atomic E-state index is 0.205. The maximum Gasteiger partial charge on any atom is 0.251 e. The second kappa shape index (κ2) is 10.4. The Morgan fingerprint density at radius 3 is 2.87 bits per heavy atom. The largest absolute Gasteiger partial charge is 0.493 e. The molecule has 4 aromatic rings. The van der Waals surface area contributed by atoms with Gasteiger partial charge in [0.1, 0.15) is 23.6 Å². The van der Waals surface area contributed by atoms with Crippen LogP contribution >= 0.6 is 0 Å². The minimum atomic E-state index is -0.496. The molecule has 6 rings (SSSR count). The number of H-pyrrole nitrogens is 1. The average Bonchev–Trinajstić information content (AvgIpc) is 3.46. The molecule has 1 atom stereocenters. The van der Waals surface area contributed by atoms with Crippen LogP contribution in [-0.2, 0) is 5.54 Å². The summed E-state index contributed by atoms with van der Waals surface area (Å²) in [5, 5.41) is 14.3. The first-order valence-electron chi connectivity index (χ1n) is 13.0. The fraction of sp³-hybridized carbons (Fsp3) is 0.321. The van der Waals surface area contributed by atoms with Gasteiger partial charge < -0.3 is 20.3 Å². The average molecular weight is 529 g/mol. The summed E-state index contributed by atoms with van der Waals surface area (Å²) in [6.07, 6.45) is 5.35. The number of amides is 1. The molecule has 200 valence electrons. The second-order valence-corrected chi connectivity index (χ2v) is 10.0. The maximum atomic E-state index is 13.7. The van der Waals surface area contributed by atoms with Crippen LogP contribution in [0.5, 0.6) is 5.75 Å². The zero-order valence-corrected chi connectivity index (χ0v) is 21.5. The van der Waals surface area contributed by atoms with E-state index in [0.29, 0.717) is 35.9 Å². The number of hydrogen-bond donors (Lipinski definition) is 3. The molecule has 0 radical (unpaired) electrons. The van der Waals surface area contributed by atoms with Gasteiger partial charge in [-0.15, -0.1) is 0 Å². The quantitative estimate of drug-likeness (QED) is 0.347. The molecule has 2 aliphatic heterocycles. The van der Waals surface area contributed by atoms with Gasteiger partial charge in [0.2, 0.25) is 0 Å². The number of hydrogen-bond acceptors (Lipinski definition) is 8. The molecule has 4 heterocycles. The van der Waals surface area contributed by atoms with E-state index in [1.165, 1.54) is 18.5 Å². The minimum Gasteiger partial charge on any atom is -0.493 e. The Morgan fingerprint density at radius 2 is 2.05 bits per heavy atom. The van der Waals surface area contributed by atoms with Gasteiger partial charge in [0, 0.05) is 48.6 Å². The number of nitrogens with zero attached hydrogens (tertiary/aromatic N) is 5. The molecule has 39 heavy (non-hydrogen) atoms. The van der Waals surface area contributed by atoms with Crippen molar-refractivity contribution in [3.8, 4) is 17.3 Å². The number of rotatable bonds is 6. The van der Waals surface area contributed by atoms with Crippen molar-refractivity contribution in [3.05, 3.63) is 83.8 Å². The third-order valence-corrected chi connectivity index (χ3v) is 7.42. The predicted molar refractivity (Wildman–Crippen MR) is 143 cm³/mol. The molecule has 2 aliphatic rings. The number of ether oxygens (including phenoxy) is 1. The van der Waals surface area contributed by atoms with Crippen LogP contribution in [0.25, 0.3) is 11.5 Å². The van der Waals surface area contributed by atoms with Gasteiger partial charge in [-0.3, -0.25) is 9.89 Å². The summed E-state index contributed by atoms with van der Waals surface area (Å²) in [6.45, 7) is 2.16. The van der Waals surface area contributed by atoms with Crippen molar-refractivity contribution >= 4 is 11.6 Å². The molecule has 1 amide bonds. The van der Waals surface area contributed by atoms with E-state index < -0.39 is 5.54 Å². The number of likely N-dealkylation sites (tertiary alicyclic amines) is 1. The van der Waals surface area contributed by atoms with E-state index in [2.05, 4.69) is 42.7 Å². The Hall–Kier alpha value is -4.38. The lowest BCUT2D eigenvalue weighted by molar-refractivity contribution is 0.0924. The molecule has 0 spiro atoms. The van der Waals surface area contributed by atoms with Crippen molar-refractivity contribution in [2.45, 2.75) is 30.8 Å². The number of anilines is 1. The Kier molecular flexibility index (Phi) is 6.65. The van der Waals surface area contributed by atoms with Crippen molar-refractivity contribution in [2.24, 2.45) is 0 Å². The van der Waals surface area contributed by atoms with Crippen LogP contribution in [0.3, 0.4) is 0 Å². The van der Waals surface area contributed by atoms with Crippen LogP contribution < -0.4 is 15.4 Å². The first kappa shape index (κ1) is 24.9. The van der Waals surface area contributed by atoms with Crippen LogP contribution in [0.2, 0.25) is 0 Å². The van der Waals surface area contributed by atoms with Crippen molar-refractivity contribution in [1.82, 2.24) is 35.4 Å². The summed E-state index contributed by atoms with van der Waals surface area (Å²) in [7, 11) is 2.10. The lowest BCUT2D eigenvalue weighted by Gasteiger charge is -2.40. The topological polar surface area (TPSA) is 121 Å². The summed E-state index contributed by atoms with van der Waals surface area (Å²) >= 11 is 0. The number of carbonyl (C=O) groups excluding carboxylic acids is 1. The third kappa shape index (κ3) is 5.17. The SMILES string of the molecule is CN1CCC(Nc2cccc(C(=O)N[C@H]3CCOc4cc(F)ccc43)c2)(c2nc(-c3ccncn3)n[nH]2)CC1. The van der Waals surface area contributed by atoms with Gasteiger partial charge >= 0.3 is 0 Å². The fourth-order valence-electron chi connectivity index (χ4n) is 5.20. The Labute approximate surface area is 225 Å². The van der Waals surface area contributed by atoms with Crippen LogP contribution in [-0.4, -0.2) is 62.7 Å². The number of benzene rings is 2. The Balaban J connectivity index is 1.24. The monoisotopic (exact) mass is 528 g/mol. The van der Waals surface area contributed by atoms with Gasteiger partial charge in [0.05, 0.1) is 18.2 Å². The molecular formula is C28H29FN8O2. The van der Waals surface area contributed by atoms with Crippen LogP contribution in [0.4, 0.5) is 10.1 Å². The standard InChI is InChI=1S/C28H29FN8O2/c1-37-12-9-28(10-13-37,27-33-25(35-36-27)23-7-11-30-17-31-23)34-20-4-2-3-18(15-20)26(38)32-22-8-14-39-24-16-19(29)5-6-21(22)24/h2-7,11,15-17,22,34H,8-10,12-14H2,1H3,(H,32,38)(H,33,35,36)/t22-/m0/s1. The first-order valence-corrected chi connectivity index (χ1v) is 13.0. The molecule has 1 saturated heterocycles. The molecule has 0 bridgehead atoms. The van der Waals surface area contributed by atoms with Gasteiger partial charge in [-0.05, 0) is 50.2 Å². The second-order valence-electron chi connectivity index (χ2n) is 10.0. The van der Waals surface area contributed by atoms with Crippen LogP contribution in [0, 0.1) is 5.82 Å². The van der Waals surface area contributed by atoms with Gasteiger partial charge in [-0.1, -0.05) is 12.1 Å². The van der Waals surface area contributed by atoms with Crippen LogP contribution in [0.15, 0.2) is 61.1 Å². The predicted octanol–water partition coefficient (Wildman–Crippen LogP) is 3.69. The molecule has 2 aromatic heterocycles. The van der Waals surface area contributed by atoms with E-state index in [1.807, 2.05) is 18.2 Å². The van der Waals surface area contributed by atoms with Crippen molar-refractivity contribution in [3.63, 3.8) is 0 Å². The summed E-state index contributed by atoms with van der Waals surface area (Å²) in [5.41, 5.74) is 2.26. The van der Waals surface area contributed by atoms with Gasteiger partial charge in [0.25, 0.3) is 5.91 Å². The summed E-state index contributed by atoms with van der Waals surface area (Å²) in [4.78, 5) is 28.6. The van der Waals surface area contributed by atoms with Gasteiger partial charge in [-0.25, -0.2) is 19.3 Å². The lowest BCUT2D eigenvalue weighted by atomic mass is 9.86. The van der Waals surface area contributed by atoms with Gasteiger partial charge in [0.15, 0.2) is 11.6 Å². The molecule has 3 N–H and O–H groups in total. The van der Waals surface area contributed by atoms with E-state index >= 15 is 0 Å². The van der Waals surface area contributed by atoms with Gasteiger partial charge in [-0.2, -0.15) is 5.10 Å². The Morgan fingerprint density at radius 1 is 1.18 bits per heavy atom. The fourth-order valence-corrected chi connectivity index (χ4v) is 5.20. The summed E-state index contributed by atoms with van der Waals surface area (Å²) in [5.74, 6) is 1.14. The number of aromatic amines is 1. The molecule has 2 aromatic carbocycles. The smallest absolute Gasteiger partial charge is 0.251 e. The summed E-state index contributed by atoms with van der Waals surface area (Å²) < 4.78 is 19.2. The summed E-state index contributed by atoms with van der Waals surface area (Å²) in [6, 6.07) is 13.4. The maximum absolute atomic E-state index is 13.7. The normalized spacial score (nSPS) is 18.6. The highest BCUT2D eigenvalue weighted by molar-refractivity contribution is 5.95. The van der Waals surface area contributed by atoms with E-state index in [0.717, 1.165) is 43.0 Å². The molecule has 0 saturated carbocycles. The molecule has 0 unspecified atom stereocenters. The highest BCUT2D eigenvalue weighted by atomic mass is 19.1. The van der Waals surface area contributed by atoms with Crippen molar-refractivity contribution < 1.29 is 13.9 Å². The van der Waals surface area contributed by atoms with E-state index in [9.17, 15) is 9.18 Å². The molecular weight excluding hydrogens is 499 g/mol. The number of carbonyl (C=O) groups is 1. The Bertz CT molecular complexity index is 1470. The third-order valence-electron chi connectivity index (χ3n) is 7.42. The highest BCUT2D eigenvalue weighted by Gasteiger charge is 2.39. The number of aromatic nitrogens is 5. The highest BCUT2D eigenvalue weighted by Crippen LogP contribution is 2.36. The zero-order valence-electron chi connectivity index (χ0n) is 21.5. The molecule has 11 heteroatoms. The van der Waals surface area contributed by atoms with Crippen molar-refractivity contribution in [1.29, 1.82) is 0 Å². The van der Waals surface area contributed by atoms with Crippen LogP contribution in [0.1, 0.15) is 47.1 Å². The molecule has 0 aliphatic carbocycles. The number of fused-ring (bicyclic) bond motifs is 1. The van der Waals surface area contributed by atoms with E-state index in [4.69, 9.17) is 9.72 Å². The number of piperidine rings is 1. The van der Waals surface area contributed by atoms with E-state index in [-0.39, 0.29) is 17.8 Å². The molecule has 10 nitrogen and oxygen atoms in total.